The van der Waals surface area contributed by atoms with Gasteiger partial charge in [0.25, 0.3) is 0 Å². The normalized spacial score (nSPS) is 12.9. The molecule has 1 aliphatic carbocycles. The van der Waals surface area contributed by atoms with Crippen molar-refractivity contribution in [3.63, 3.8) is 0 Å². The van der Waals surface area contributed by atoms with Gasteiger partial charge < -0.3 is 20.5 Å². The van der Waals surface area contributed by atoms with Gasteiger partial charge in [-0.25, -0.2) is 9.59 Å². The van der Waals surface area contributed by atoms with Crippen molar-refractivity contribution in [3.8, 4) is 11.1 Å². The van der Waals surface area contributed by atoms with Crippen molar-refractivity contribution >= 4 is 23.7 Å². The number of carbonyl (C=O) groups excluding carboxylic acids is 2. The van der Waals surface area contributed by atoms with Crippen molar-refractivity contribution in [2.24, 2.45) is 0 Å². The Balaban J connectivity index is 1.38. The number of hydrogen-bond donors (Lipinski definition) is 3. The first kappa shape index (κ1) is 23.0. The smallest absolute Gasteiger partial charge is 0.407 e. The molecule has 34 heavy (non-hydrogen) atoms. The molecule has 0 aromatic heterocycles. The fourth-order valence-corrected chi connectivity index (χ4v) is 4.22. The minimum absolute atomic E-state index is 0.000963. The zero-order valence-corrected chi connectivity index (χ0v) is 19.0. The summed E-state index contributed by atoms with van der Waals surface area (Å²) in [6.45, 7) is 3.56. The van der Waals surface area contributed by atoms with Crippen LogP contribution in [0, 0.1) is 0 Å². The number of fused-ring (bicyclic) bond motifs is 3. The minimum atomic E-state index is -1.14. The van der Waals surface area contributed by atoms with E-state index in [1.807, 2.05) is 43.3 Å². The van der Waals surface area contributed by atoms with Crippen molar-refractivity contribution in [1.29, 1.82) is 0 Å². The summed E-state index contributed by atoms with van der Waals surface area (Å²) in [6.07, 6.45) is -0.0434. The van der Waals surface area contributed by atoms with E-state index in [-0.39, 0.29) is 23.8 Å². The summed E-state index contributed by atoms with van der Waals surface area (Å²) < 4.78 is 5.48. The molecule has 0 heterocycles. The number of carboxylic acid groups (broad SMARTS) is 1. The van der Waals surface area contributed by atoms with Gasteiger partial charge in [0.15, 0.2) is 0 Å². The third-order valence-electron chi connectivity index (χ3n) is 6.05. The zero-order chi connectivity index (χ0) is 24.2. The van der Waals surface area contributed by atoms with Crippen LogP contribution in [0.3, 0.4) is 0 Å². The fourth-order valence-electron chi connectivity index (χ4n) is 4.22. The number of nitrogens with one attached hydrogen (secondary N) is 2. The van der Waals surface area contributed by atoms with Crippen LogP contribution in [0.2, 0.25) is 0 Å². The van der Waals surface area contributed by atoms with Gasteiger partial charge in [-0.3, -0.25) is 4.79 Å². The number of hydrogen-bond acceptors (Lipinski definition) is 4. The third-order valence-corrected chi connectivity index (χ3v) is 6.05. The molecular weight excluding hydrogens is 432 g/mol. The molecule has 3 aromatic rings. The minimum Gasteiger partial charge on any atom is -0.478 e. The van der Waals surface area contributed by atoms with Crippen molar-refractivity contribution < 1.29 is 24.2 Å². The highest BCUT2D eigenvalue weighted by Gasteiger charge is 2.29. The summed E-state index contributed by atoms with van der Waals surface area (Å²) in [7, 11) is 0. The number of ether oxygens (including phenoxy) is 1. The summed E-state index contributed by atoms with van der Waals surface area (Å²) in [5, 5.41) is 14.6. The number of carboxylic acids is 1. The van der Waals surface area contributed by atoms with Gasteiger partial charge in [-0.05, 0) is 53.3 Å². The molecule has 0 saturated carbocycles. The average Bonchev–Trinajstić information content (AvgIpc) is 3.16. The van der Waals surface area contributed by atoms with Gasteiger partial charge in [-0.1, -0.05) is 61.5 Å². The second-order valence-corrected chi connectivity index (χ2v) is 8.22. The zero-order valence-electron chi connectivity index (χ0n) is 19.0. The number of carbonyl (C=O) groups is 3. The lowest BCUT2D eigenvalue weighted by Crippen LogP contribution is -2.42. The predicted octanol–water partition coefficient (Wildman–Crippen LogP) is 4.81. The number of anilines is 1. The highest BCUT2D eigenvalue weighted by molar-refractivity contribution is 6.02. The molecule has 174 valence electrons. The van der Waals surface area contributed by atoms with E-state index in [1.165, 1.54) is 13.0 Å². The van der Waals surface area contributed by atoms with Crippen LogP contribution < -0.4 is 10.6 Å². The number of alkyl carbamates (subject to hydrolysis) is 1. The molecular formula is C27H26N2O5. The molecule has 4 rings (SSSR count). The Morgan fingerprint density at radius 2 is 1.59 bits per heavy atom. The van der Waals surface area contributed by atoms with Gasteiger partial charge >= 0.3 is 12.1 Å². The van der Waals surface area contributed by atoms with Crippen LogP contribution in [-0.2, 0) is 16.0 Å². The van der Waals surface area contributed by atoms with E-state index in [4.69, 9.17) is 4.74 Å². The molecule has 1 atom stereocenters. The number of benzene rings is 3. The van der Waals surface area contributed by atoms with E-state index < -0.39 is 24.0 Å². The van der Waals surface area contributed by atoms with Crippen LogP contribution in [0.4, 0.5) is 10.5 Å². The molecule has 0 fully saturated rings. The van der Waals surface area contributed by atoms with Crippen LogP contribution in [0.1, 0.15) is 46.8 Å². The molecule has 0 radical (unpaired) electrons. The molecule has 0 bridgehead atoms. The molecule has 1 aliphatic rings. The van der Waals surface area contributed by atoms with Gasteiger partial charge in [-0.2, -0.15) is 0 Å². The van der Waals surface area contributed by atoms with Crippen LogP contribution >= 0.6 is 0 Å². The van der Waals surface area contributed by atoms with Crippen LogP contribution in [0.15, 0.2) is 66.7 Å². The summed E-state index contributed by atoms with van der Waals surface area (Å²) in [6, 6.07) is 20.0. The largest absolute Gasteiger partial charge is 0.478 e. The van der Waals surface area contributed by atoms with E-state index in [0.29, 0.717) is 6.42 Å². The summed E-state index contributed by atoms with van der Waals surface area (Å²) in [4.78, 5) is 36.6. The number of aryl methyl sites for hydroxylation is 1. The molecule has 0 spiro atoms. The van der Waals surface area contributed by atoms with Crippen molar-refractivity contribution in [1.82, 2.24) is 5.32 Å². The lowest BCUT2D eigenvalue weighted by molar-refractivity contribution is -0.117. The van der Waals surface area contributed by atoms with Crippen LogP contribution in [-0.4, -0.2) is 35.7 Å². The van der Waals surface area contributed by atoms with Crippen molar-refractivity contribution in [2.75, 3.05) is 11.9 Å². The highest BCUT2D eigenvalue weighted by atomic mass is 16.5. The summed E-state index contributed by atoms with van der Waals surface area (Å²) >= 11 is 0. The lowest BCUT2D eigenvalue weighted by Gasteiger charge is -2.18. The molecule has 7 heteroatoms. The van der Waals surface area contributed by atoms with E-state index in [1.54, 1.807) is 12.1 Å². The van der Waals surface area contributed by atoms with E-state index in [9.17, 15) is 19.5 Å². The topological polar surface area (TPSA) is 105 Å². The van der Waals surface area contributed by atoms with Gasteiger partial charge in [-0.15, -0.1) is 0 Å². The number of rotatable bonds is 7. The van der Waals surface area contributed by atoms with Crippen molar-refractivity contribution in [3.05, 3.63) is 89.0 Å². The van der Waals surface area contributed by atoms with Gasteiger partial charge in [0.2, 0.25) is 5.91 Å². The maximum Gasteiger partial charge on any atom is 0.407 e. The van der Waals surface area contributed by atoms with Gasteiger partial charge in [0.05, 0.1) is 11.3 Å². The first-order valence-electron chi connectivity index (χ1n) is 11.2. The van der Waals surface area contributed by atoms with Gasteiger partial charge in [0.1, 0.15) is 12.6 Å². The summed E-state index contributed by atoms with van der Waals surface area (Å²) in [5.74, 6) is -1.76. The van der Waals surface area contributed by atoms with E-state index >= 15 is 0 Å². The first-order valence-corrected chi connectivity index (χ1v) is 11.2. The Morgan fingerprint density at radius 3 is 2.18 bits per heavy atom. The van der Waals surface area contributed by atoms with Gasteiger partial charge in [0, 0.05) is 5.92 Å². The maximum absolute atomic E-state index is 12.6. The molecule has 1 unspecified atom stereocenters. The Hall–Kier alpha value is -4.13. The Bertz CT molecular complexity index is 1210. The first-order chi connectivity index (χ1) is 16.4. The van der Waals surface area contributed by atoms with Crippen LogP contribution in [0.25, 0.3) is 11.1 Å². The number of aromatic carboxylic acids is 1. The fraction of sp³-hybridized carbons (Fsp3) is 0.222. The molecule has 2 amide bonds. The van der Waals surface area contributed by atoms with E-state index in [0.717, 1.165) is 27.8 Å². The second kappa shape index (κ2) is 9.79. The lowest BCUT2D eigenvalue weighted by atomic mass is 9.98. The standard InChI is InChI=1S/C27H26N2O5/c1-3-17-12-13-24(22(14-17)26(31)32)29-25(30)16(2)28-27(33)34-15-23-20-10-6-4-8-18(20)19-9-5-7-11-21(19)23/h4-14,16,23H,3,15H2,1-2H3,(H,28,33)(H,29,30)(H,31,32). The second-order valence-electron chi connectivity index (χ2n) is 8.22. The molecule has 7 nitrogen and oxygen atoms in total. The average molecular weight is 459 g/mol. The molecule has 3 N–H and O–H groups in total. The Kier molecular flexibility index (Phi) is 6.63. The van der Waals surface area contributed by atoms with Crippen molar-refractivity contribution in [2.45, 2.75) is 32.2 Å². The SMILES string of the molecule is CCc1ccc(NC(=O)C(C)NC(=O)OCC2c3ccccc3-c3ccccc32)c(C(=O)O)c1. The van der Waals surface area contributed by atoms with Crippen LogP contribution in [0.5, 0.6) is 0 Å². The molecule has 3 aromatic carbocycles. The molecule has 0 aliphatic heterocycles. The monoisotopic (exact) mass is 458 g/mol. The highest BCUT2D eigenvalue weighted by Crippen LogP contribution is 2.44. The predicted molar refractivity (Wildman–Crippen MR) is 129 cm³/mol. The third kappa shape index (κ3) is 4.64. The van der Waals surface area contributed by atoms with E-state index in [2.05, 4.69) is 22.8 Å². The number of amides is 2. The quantitative estimate of drug-likeness (QED) is 0.471. The molecule has 0 saturated heterocycles. The summed E-state index contributed by atoms with van der Waals surface area (Å²) in [5.41, 5.74) is 5.47. The maximum atomic E-state index is 12.6. The Labute approximate surface area is 197 Å². The Morgan fingerprint density at radius 1 is 0.971 bits per heavy atom.